The van der Waals surface area contributed by atoms with Crippen molar-refractivity contribution in [1.82, 2.24) is 9.80 Å². The van der Waals surface area contributed by atoms with Gasteiger partial charge >= 0.3 is 0 Å². The minimum absolute atomic E-state index is 0.00769. The van der Waals surface area contributed by atoms with Gasteiger partial charge in [-0.25, -0.2) is 0 Å². The molecule has 0 radical (unpaired) electrons. The topological polar surface area (TPSA) is 23.6 Å². The van der Waals surface area contributed by atoms with Crippen molar-refractivity contribution in [3.63, 3.8) is 0 Å². The zero-order valence-electron chi connectivity index (χ0n) is 11.0. The Bertz CT molecular complexity index is 502. The Morgan fingerprint density at radius 1 is 1.21 bits per heavy atom. The van der Waals surface area contributed by atoms with Crippen LogP contribution < -0.4 is 0 Å². The third-order valence-corrected chi connectivity index (χ3v) is 4.30. The Kier molecular flexibility index (Phi) is 4.61. The van der Waals surface area contributed by atoms with Crippen LogP contribution in [0, 0.1) is 0 Å². The highest BCUT2D eigenvalue weighted by Gasteiger charge is 2.30. The molecule has 0 atom stereocenters. The van der Waals surface area contributed by atoms with E-state index in [-0.39, 0.29) is 5.91 Å². The molecular formula is C14H16N2OS2. The number of likely N-dealkylation sites (N-methyl/N-ethyl adjacent to an activating group) is 1. The summed E-state index contributed by atoms with van der Waals surface area (Å²) in [7, 11) is 0. The smallest absolute Gasteiger partial charge is 0.266 e. The Morgan fingerprint density at radius 3 is 2.42 bits per heavy atom. The molecule has 1 saturated heterocycles. The molecular weight excluding hydrogens is 276 g/mol. The van der Waals surface area contributed by atoms with E-state index >= 15 is 0 Å². The molecule has 0 aromatic rings. The van der Waals surface area contributed by atoms with Crippen molar-refractivity contribution in [2.75, 3.05) is 13.1 Å². The van der Waals surface area contributed by atoms with Crippen LogP contribution in [-0.2, 0) is 4.79 Å². The fraction of sp³-hybridized carbons (Fsp3) is 0.286. The first-order valence-electron chi connectivity index (χ1n) is 6.23. The second-order valence-electron chi connectivity index (χ2n) is 4.08. The molecule has 0 aromatic carbocycles. The molecule has 3 nitrogen and oxygen atoms in total. The van der Waals surface area contributed by atoms with Crippen LogP contribution >= 0.6 is 24.0 Å². The second kappa shape index (κ2) is 6.21. The first kappa shape index (κ1) is 14.1. The predicted molar refractivity (Wildman–Crippen MR) is 84.4 cm³/mol. The van der Waals surface area contributed by atoms with Gasteiger partial charge < -0.3 is 4.90 Å². The molecule has 0 aliphatic carbocycles. The molecule has 0 aromatic heterocycles. The number of carbonyl (C=O) groups excluding carboxylic acids is 1. The van der Waals surface area contributed by atoms with Crippen LogP contribution in [0.3, 0.4) is 0 Å². The van der Waals surface area contributed by atoms with E-state index in [9.17, 15) is 4.79 Å². The summed E-state index contributed by atoms with van der Waals surface area (Å²) in [5, 5.41) is 0. The van der Waals surface area contributed by atoms with E-state index in [0.29, 0.717) is 15.8 Å². The summed E-state index contributed by atoms with van der Waals surface area (Å²) in [6, 6.07) is 0. The minimum atomic E-state index is 0.00769. The van der Waals surface area contributed by atoms with Crippen LogP contribution in [0.2, 0.25) is 0 Å². The molecule has 2 aliphatic heterocycles. The molecule has 0 spiro atoms. The number of rotatable bonds is 3. The fourth-order valence-electron chi connectivity index (χ4n) is 1.75. The maximum Gasteiger partial charge on any atom is 0.266 e. The van der Waals surface area contributed by atoms with E-state index in [0.717, 1.165) is 12.1 Å². The Hall–Kier alpha value is -1.33. The van der Waals surface area contributed by atoms with Crippen LogP contribution in [0.1, 0.15) is 13.8 Å². The Labute approximate surface area is 123 Å². The van der Waals surface area contributed by atoms with Gasteiger partial charge in [-0.05, 0) is 37.6 Å². The largest absolute Gasteiger partial charge is 0.354 e. The number of allylic oxidation sites excluding steroid dienone is 5. The highest BCUT2D eigenvalue weighted by Crippen LogP contribution is 2.30. The number of hydrogen-bond donors (Lipinski definition) is 0. The molecule has 0 bridgehead atoms. The van der Waals surface area contributed by atoms with Gasteiger partial charge in [-0.2, -0.15) is 0 Å². The molecule has 2 heterocycles. The molecule has 5 heteroatoms. The third-order valence-electron chi connectivity index (χ3n) is 2.90. The lowest BCUT2D eigenvalue weighted by Gasteiger charge is -2.15. The van der Waals surface area contributed by atoms with Crippen LogP contribution in [0.25, 0.3) is 0 Å². The molecule has 0 saturated carbocycles. The minimum Gasteiger partial charge on any atom is -0.354 e. The van der Waals surface area contributed by atoms with Gasteiger partial charge in [0.15, 0.2) is 0 Å². The maximum absolute atomic E-state index is 12.0. The molecule has 0 N–H and O–H groups in total. The summed E-state index contributed by atoms with van der Waals surface area (Å²) in [6.07, 6.45) is 11.9. The van der Waals surface area contributed by atoms with Gasteiger partial charge in [0.25, 0.3) is 5.91 Å². The zero-order valence-corrected chi connectivity index (χ0v) is 12.6. The first-order chi connectivity index (χ1) is 9.15. The van der Waals surface area contributed by atoms with Crippen molar-refractivity contribution in [1.29, 1.82) is 0 Å². The zero-order chi connectivity index (χ0) is 13.8. The highest BCUT2D eigenvalue weighted by atomic mass is 32.2. The quantitative estimate of drug-likeness (QED) is 0.589. The molecule has 1 fully saturated rings. The van der Waals surface area contributed by atoms with Crippen LogP contribution in [0.5, 0.6) is 0 Å². The summed E-state index contributed by atoms with van der Waals surface area (Å²) in [5.74, 6) is 0.00769. The van der Waals surface area contributed by atoms with E-state index < -0.39 is 0 Å². The van der Waals surface area contributed by atoms with E-state index in [1.807, 2.05) is 43.6 Å². The summed E-state index contributed by atoms with van der Waals surface area (Å²) < 4.78 is 0.643. The average Bonchev–Trinajstić information content (AvgIpc) is 2.71. The summed E-state index contributed by atoms with van der Waals surface area (Å²) in [6.45, 7) is 5.61. The number of hydrogen-bond acceptors (Lipinski definition) is 4. The van der Waals surface area contributed by atoms with Crippen molar-refractivity contribution in [2.24, 2.45) is 0 Å². The van der Waals surface area contributed by atoms with Gasteiger partial charge in [-0.3, -0.25) is 9.69 Å². The van der Waals surface area contributed by atoms with Gasteiger partial charge in [0.05, 0.1) is 4.91 Å². The monoisotopic (exact) mass is 292 g/mol. The van der Waals surface area contributed by atoms with Crippen molar-refractivity contribution in [2.45, 2.75) is 13.8 Å². The lowest BCUT2D eigenvalue weighted by molar-refractivity contribution is -0.122. The van der Waals surface area contributed by atoms with Gasteiger partial charge in [0, 0.05) is 25.5 Å². The highest BCUT2D eigenvalue weighted by molar-refractivity contribution is 8.26. The van der Waals surface area contributed by atoms with Crippen LogP contribution in [0.4, 0.5) is 0 Å². The fourth-order valence-corrected chi connectivity index (χ4v) is 3.07. The SMILES string of the molecule is CCN1C=CC(=CC=C2SC(=S)N(CC)C2=O)C=C1. The lowest BCUT2D eigenvalue weighted by Crippen LogP contribution is -2.27. The van der Waals surface area contributed by atoms with Crippen LogP contribution in [-0.4, -0.2) is 33.1 Å². The Balaban J connectivity index is 2.10. The first-order valence-corrected chi connectivity index (χ1v) is 7.46. The number of thiocarbonyl (C=S) groups is 1. The predicted octanol–water partition coefficient (Wildman–Crippen LogP) is 3.04. The molecule has 0 unspecified atom stereocenters. The summed E-state index contributed by atoms with van der Waals surface area (Å²) in [4.78, 5) is 16.4. The molecule has 19 heavy (non-hydrogen) atoms. The van der Waals surface area contributed by atoms with Gasteiger partial charge in [0.1, 0.15) is 4.32 Å². The van der Waals surface area contributed by atoms with Gasteiger partial charge in [0.2, 0.25) is 0 Å². The molecule has 100 valence electrons. The number of amides is 1. The van der Waals surface area contributed by atoms with Gasteiger partial charge in [-0.15, -0.1) is 0 Å². The lowest BCUT2D eigenvalue weighted by atomic mass is 10.2. The summed E-state index contributed by atoms with van der Waals surface area (Å²) >= 11 is 6.53. The Morgan fingerprint density at radius 2 is 1.89 bits per heavy atom. The van der Waals surface area contributed by atoms with Gasteiger partial charge in [-0.1, -0.05) is 30.1 Å². The molecule has 2 rings (SSSR count). The van der Waals surface area contributed by atoms with E-state index in [4.69, 9.17) is 12.2 Å². The average molecular weight is 292 g/mol. The third kappa shape index (κ3) is 3.16. The number of thioether (sulfide) groups is 1. The normalized spacial score (nSPS) is 20.9. The van der Waals surface area contributed by atoms with Crippen molar-refractivity contribution < 1.29 is 4.79 Å². The molecule has 2 aliphatic rings. The molecule has 1 amide bonds. The van der Waals surface area contributed by atoms with E-state index in [1.165, 1.54) is 11.8 Å². The van der Waals surface area contributed by atoms with Crippen molar-refractivity contribution in [3.05, 3.63) is 47.2 Å². The van der Waals surface area contributed by atoms with Crippen LogP contribution in [0.15, 0.2) is 47.2 Å². The van der Waals surface area contributed by atoms with Crippen molar-refractivity contribution in [3.8, 4) is 0 Å². The number of nitrogens with zero attached hydrogens (tertiary/aromatic N) is 2. The standard InChI is InChI=1S/C14H16N2OS2/c1-3-15-9-7-11(8-10-15)5-6-12-13(17)16(4-2)14(18)19-12/h5-10H,3-4H2,1-2H3. The summed E-state index contributed by atoms with van der Waals surface area (Å²) in [5.41, 5.74) is 1.08. The number of carbonyl (C=O) groups is 1. The van der Waals surface area contributed by atoms with Crippen molar-refractivity contribution >= 4 is 34.2 Å². The van der Waals surface area contributed by atoms with E-state index in [1.54, 1.807) is 4.90 Å². The second-order valence-corrected chi connectivity index (χ2v) is 5.75. The van der Waals surface area contributed by atoms with E-state index in [2.05, 4.69) is 11.8 Å². The maximum atomic E-state index is 12.0.